The van der Waals surface area contributed by atoms with Gasteiger partial charge in [-0.3, -0.25) is 0 Å². The molecule has 0 unspecified atom stereocenters. The monoisotopic (exact) mass is 561 g/mol. The largest absolute Gasteiger partial charge is 0.537 e. The molecule has 0 radical (unpaired) electrons. The summed E-state index contributed by atoms with van der Waals surface area (Å²) in [4.78, 5) is 0.347. The molecule has 1 heterocycles. The van der Waals surface area contributed by atoms with Gasteiger partial charge >= 0.3 is 8.32 Å². The van der Waals surface area contributed by atoms with Crippen molar-refractivity contribution in [1.82, 2.24) is 4.31 Å². The molecular formula is C33H43NO3SSi. The third-order valence-corrected chi connectivity index (χ3v) is 14.9. The average molecular weight is 562 g/mol. The third kappa shape index (κ3) is 5.93. The van der Waals surface area contributed by atoms with Gasteiger partial charge in [-0.25, -0.2) is 8.42 Å². The molecule has 1 aliphatic rings. The van der Waals surface area contributed by atoms with E-state index in [0.29, 0.717) is 30.3 Å². The van der Waals surface area contributed by atoms with Crippen LogP contribution < -0.4 is 10.4 Å². The van der Waals surface area contributed by atoms with Crippen molar-refractivity contribution in [2.45, 2.75) is 64.8 Å². The highest BCUT2D eigenvalue weighted by Gasteiger charge is 2.53. The molecule has 0 spiro atoms. The minimum absolute atomic E-state index is 0.135. The Morgan fingerprint density at radius 3 is 1.82 bits per heavy atom. The van der Waals surface area contributed by atoms with Gasteiger partial charge in [-0.15, -0.1) is 0 Å². The van der Waals surface area contributed by atoms with E-state index in [1.54, 1.807) is 16.4 Å². The minimum Gasteiger partial charge on any atom is -0.537 e. The molecule has 4 rings (SSSR count). The molecule has 3 aromatic carbocycles. The average Bonchev–Trinajstić information content (AvgIpc) is 3.07. The van der Waals surface area contributed by atoms with Gasteiger partial charge in [-0.2, -0.15) is 4.31 Å². The lowest BCUT2D eigenvalue weighted by atomic mass is 9.92. The highest BCUT2D eigenvalue weighted by atomic mass is 32.2. The van der Waals surface area contributed by atoms with Gasteiger partial charge in [0, 0.05) is 19.5 Å². The summed E-state index contributed by atoms with van der Waals surface area (Å²) in [7, 11) is -6.48. The van der Waals surface area contributed by atoms with E-state index in [1.807, 2.05) is 26.0 Å². The van der Waals surface area contributed by atoms with Gasteiger partial charge in [0.2, 0.25) is 10.0 Å². The summed E-state index contributed by atoms with van der Waals surface area (Å²) in [5, 5.41) is 2.27. The summed E-state index contributed by atoms with van der Waals surface area (Å²) >= 11 is 0. The second kappa shape index (κ2) is 11.4. The number of sulfonamides is 1. The number of nitrogens with zero attached hydrogens (tertiary/aromatic N) is 1. The maximum absolute atomic E-state index is 13.8. The first-order valence-electron chi connectivity index (χ1n) is 13.9. The van der Waals surface area contributed by atoms with Crippen LogP contribution >= 0.6 is 0 Å². The van der Waals surface area contributed by atoms with Crippen LogP contribution in [-0.4, -0.2) is 34.1 Å². The maximum atomic E-state index is 13.8. The summed E-state index contributed by atoms with van der Waals surface area (Å²) in [5.74, 6) is 1.38. The number of benzene rings is 3. The molecule has 39 heavy (non-hydrogen) atoms. The van der Waals surface area contributed by atoms with Gasteiger partial charge in [0.15, 0.2) is 0 Å². The van der Waals surface area contributed by atoms with Crippen LogP contribution in [0.3, 0.4) is 0 Å². The molecule has 3 aromatic rings. The van der Waals surface area contributed by atoms with Crippen molar-refractivity contribution >= 4 is 28.7 Å². The van der Waals surface area contributed by atoms with Crippen LogP contribution in [0.5, 0.6) is 0 Å². The lowest BCUT2D eigenvalue weighted by Crippen LogP contribution is -2.66. The number of hydrogen-bond acceptors (Lipinski definition) is 3. The highest BCUT2D eigenvalue weighted by Crippen LogP contribution is 2.41. The SMILES string of the molecule is CC1=C(O[Si](c2ccccc2)(c2ccccc2)C(C)(C)C)C[C@@H](C(C)C)CN(S(=O)(=O)c2ccc(C)cc2)C1. The summed E-state index contributed by atoms with van der Waals surface area (Å²) in [6, 6.07) is 28.4. The highest BCUT2D eigenvalue weighted by molar-refractivity contribution is 7.89. The summed E-state index contributed by atoms with van der Waals surface area (Å²) < 4.78 is 36.8. The first kappa shape index (κ1) is 29.3. The van der Waals surface area contributed by atoms with Gasteiger partial charge in [0.05, 0.1) is 10.7 Å². The smallest absolute Gasteiger partial charge is 0.319 e. The fourth-order valence-corrected chi connectivity index (χ4v) is 11.7. The number of allylic oxidation sites excluding steroid dienone is 1. The fourth-order valence-electron chi connectivity index (χ4n) is 5.61. The van der Waals surface area contributed by atoms with Crippen LogP contribution in [0.15, 0.2) is 101 Å². The molecule has 208 valence electrons. The number of aryl methyl sites for hydroxylation is 1. The van der Waals surface area contributed by atoms with E-state index < -0.39 is 18.3 Å². The van der Waals surface area contributed by atoms with E-state index in [-0.39, 0.29) is 11.0 Å². The molecule has 0 saturated heterocycles. The summed E-state index contributed by atoms with van der Waals surface area (Å²) in [6.07, 6.45) is 0.716. The van der Waals surface area contributed by atoms with Gasteiger partial charge in [-0.05, 0) is 58.8 Å². The number of rotatable bonds is 7. The van der Waals surface area contributed by atoms with Crippen LogP contribution in [0.25, 0.3) is 0 Å². The Morgan fingerprint density at radius 2 is 1.36 bits per heavy atom. The molecule has 0 bridgehead atoms. The molecule has 0 amide bonds. The predicted molar refractivity (Wildman–Crippen MR) is 164 cm³/mol. The first-order valence-corrected chi connectivity index (χ1v) is 17.3. The van der Waals surface area contributed by atoms with E-state index in [1.165, 1.54) is 10.4 Å². The van der Waals surface area contributed by atoms with E-state index in [9.17, 15) is 8.42 Å². The van der Waals surface area contributed by atoms with Crippen molar-refractivity contribution in [3.63, 3.8) is 0 Å². The first-order chi connectivity index (χ1) is 18.4. The Labute approximate surface area is 236 Å². The van der Waals surface area contributed by atoms with E-state index in [0.717, 1.165) is 16.9 Å². The van der Waals surface area contributed by atoms with Crippen molar-refractivity contribution in [3.05, 3.63) is 102 Å². The van der Waals surface area contributed by atoms with Gasteiger partial charge < -0.3 is 4.43 Å². The van der Waals surface area contributed by atoms with Crippen LogP contribution in [-0.2, 0) is 14.4 Å². The van der Waals surface area contributed by atoms with Crippen molar-refractivity contribution in [1.29, 1.82) is 0 Å². The third-order valence-electron chi connectivity index (χ3n) is 8.07. The van der Waals surface area contributed by atoms with Crippen LogP contribution in [0.4, 0.5) is 0 Å². The van der Waals surface area contributed by atoms with Crippen LogP contribution in [0.2, 0.25) is 5.04 Å². The standard InChI is InChI=1S/C33H43NO3SSi/c1-25(2)28-22-32(27(4)23-34(24-28)38(35,36)29-20-18-26(3)19-21-29)37-39(33(5,6)7,30-14-10-8-11-15-30)31-16-12-9-13-17-31/h8-21,25,28H,22-24H2,1-7H3/t28-/m1/s1. The molecule has 0 aliphatic carbocycles. The second-order valence-corrected chi connectivity index (χ2v) is 18.4. The lowest BCUT2D eigenvalue weighted by molar-refractivity contribution is 0.277. The molecular weight excluding hydrogens is 519 g/mol. The van der Waals surface area contributed by atoms with Gasteiger partial charge in [-0.1, -0.05) is 113 Å². The molecule has 0 fully saturated rings. The molecule has 6 heteroatoms. The molecule has 1 atom stereocenters. The zero-order valence-electron chi connectivity index (χ0n) is 24.4. The molecule has 0 saturated carbocycles. The Morgan fingerprint density at radius 1 is 0.846 bits per heavy atom. The molecule has 0 N–H and O–H groups in total. The topological polar surface area (TPSA) is 46.6 Å². The van der Waals surface area contributed by atoms with Crippen LogP contribution in [0, 0.1) is 18.8 Å². The second-order valence-electron chi connectivity index (χ2n) is 12.3. The normalized spacial score (nSPS) is 17.8. The quantitative estimate of drug-likeness (QED) is 0.309. The molecule has 4 nitrogen and oxygen atoms in total. The van der Waals surface area contributed by atoms with Crippen LogP contribution in [0.1, 0.15) is 53.5 Å². The fraction of sp³-hybridized carbons (Fsp3) is 0.394. The van der Waals surface area contributed by atoms with E-state index in [2.05, 4.69) is 95.3 Å². The van der Waals surface area contributed by atoms with Crippen molar-refractivity contribution < 1.29 is 12.8 Å². The maximum Gasteiger partial charge on any atom is 0.319 e. The van der Waals surface area contributed by atoms with E-state index >= 15 is 0 Å². The zero-order valence-corrected chi connectivity index (χ0v) is 26.3. The molecule has 0 aromatic heterocycles. The van der Waals surface area contributed by atoms with Gasteiger partial charge in [0.1, 0.15) is 0 Å². The minimum atomic E-state index is -3.65. The summed E-state index contributed by atoms with van der Waals surface area (Å²) in [6.45, 7) is 16.0. The lowest BCUT2D eigenvalue weighted by Gasteiger charge is -2.44. The van der Waals surface area contributed by atoms with Crippen molar-refractivity contribution in [2.75, 3.05) is 13.1 Å². The Hall–Kier alpha value is -2.67. The Bertz CT molecular complexity index is 1350. The van der Waals surface area contributed by atoms with E-state index in [4.69, 9.17) is 4.43 Å². The van der Waals surface area contributed by atoms with Gasteiger partial charge in [0.25, 0.3) is 0 Å². The Kier molecular flexibility index (Phi) is 8.60. The van der Waals surface area contributed by atoms with Crippen molar-refractivity contribution in [2.24, 2.45) is 11.8 Å². The summed E-state index contributed by atoms with van der Waals surface area (Å²) in [5.41, 5.74) is 2.03. The Balaban J connectivity index is 1.85. The number of hydrogen-bond donors (Lipinski definition) is 0. The zero-order chi connectivity index (χ0) is 28.4. The predicted octanol–water partition coefficient (Wildman–Crippen LogP) is 6.51. The molecule has 1 aliphatic heterocycles. The van der Waals surface area contributed by atoms with Crippen molar-refractivity contribution in [3.8, 4) is 0 Å².